The number of aromatic nitrogens is 3. The Balaban J connectivity index is 1.74. The highest BCUT2D eigenvalue weighted by Crippen LogP contribution is 2.39. The molecule has 1 aliphatic heterocycles. The van der Waals surface area contributed by atoms with Gasteiger partial charge >= 0.3 is 20.5 Å². The molecule has 0 aliphatic carbocycles. The molecular weight excluding hydrogens is 522 g/mol. The van der Waals surface area contributed by atoms with Crippen molar-refractivity contribution >= 4 is 8.60 Å². The van der Waals surface area contributed by atoms with E-state index in [0.717, 1.165) is 23.0 Å². The Morgan fingerprint density at radius 2 is 1.76 bits per heavy atom. The molecule has 0 saturated carbocycles. The van der Waals surface area contributed by atoms with Crippen LogP contribution in [0.5, 0.6) is 0 Å². The summed E-state index contributed by atoms with van der Waals surface area (Å²) in [6.07, 6.45) is -8.88. The van der Waals surface area contributed by atoms with Gasteiger partial charge in [-0.2, -0.15) is 13.2 Å². The van der Waals surface area contributed by atoms with E-state index in [1.54, 1.807) is 18.2 Å². The topological polar surface area (TPSA) is 156 Å². The van der Waals surface area contributed by atoms with Gasteiger partial charge in [0.15, 0.2) is 6.23 Å². The zero-order valence-corrected chi connectivity index (χ0v) is 19.7. The smallest absolute Gasteiger partial charge is 0.387 e. The second-order valence-electron chi connectivity index (χ2n) is 8.07. The number of aliphatic hydroxyl groups excluding tert-OH is 2. The van der Waals surface area contributed by atoms with Gasteiger partial charge < -0.3 is 29.3 Å². The Hall–Kier alpha value is -2.97. The lowest BCUT2D eigenvalue weighted by Crippen LogP contribution is -2.43. The fourth-order valence-electron chi connectivity index (χ4n) is 4.06. The highest BCUT2D eigenvalue weighted by atomic mass is 31.2. The highest BCUT2D eigenvalue weighted by Gasteiger charge is 2.45. The molecule has 0 spiro atoms. The second-order valence-corrected chi connectivity index (χ2v) is 8.83. The van der Waals surface area contributed by atoms with Crippen molar-refractivity contribution in [3.63, 3.8) is 0 Å². The molecule has 4 N–H and O–H groups in total. The first-order valence-electron chi connectivity index (χ1n) is 10.7. The number of halogens is 3. The van der Waals surface area contributed by atoms with Gasteiger partial charge in [-0.15, -0.1) is 0 Å². The molecule has 15 heteroatoms. The van der Waals surface area contributed by atoms with Crippen LogP contribution in [-0.4, -0.2) is 59.0 Å². The maximum absolute atomic E-state index is 14.2. The van der Waals surface area contributed by atoms with Gasteiger partial charge in [-0.05, 0) is 17.2 Å². The standard InChI is InChI=1S/C22H21F3N3O8P/c23-22(24,25)17-13(12-4-2-1-3-5-12)6-8-26-14(17)10-28-16(29)7-9-27(21(28)32)20-19(31)18(30)15(36-20)11-35-37(33)34/h1-9,15,18-20,30-31,33-34H,10-11H2. The first-order chi connectivity index (χ1) is 17.5. The van der Waals surface area contributed by atoms with Crippen LogP contribution in [0.15, 0.2) is 64.4 Å². The summed E-state index contributed by atoms with van der Waals surface area (Å²) in [4.78, 5) is 47.3. The molecule has 1 aromatic carbocycles. The molecule has 37 heavy (non-hydrogen) atoms. The lowest BCUT2D eigenvalue weighted by Gasteiger charge is -2.20. The predicted molar refractivity (Wildman–Crippen MR) is 122 cm³/mol. The van der Waals surface area contributed by atoms with Gasteiger partial charge in [-0.3, -0.25) is 18.9 Å². The van der Waals surface area contributed by atoms with Gasteiger partial charge in [0, 0.05) is 18.5 Å². The van der Waals surface area contributed by atoms with Gasteiger partial charge in [0.2, 0.25) is 0 Å². The Morgan fingerprint density at radius 3 is 2.41 bits per heavy atom. The summed E-state index contributed by atoms with van der Waals surface area (Å²) in [5.41, 5.74) is -3.68. The minimum Gasteiger partial charge on any atom is -0.387 e. The number of aliphatic hydroxyl groups is 2. The molecule has 4 rings (SSSR count). The van der Waals surface area contributed by atoms with E-state index >= 15 is 0 Å². The van der Waals surface area contributed by atoms with E-state index in [9.17, 15) is 33.0 Å². The summed E-state index contributed by atoms with van der Waals surface area (Å²) in [5, 5.41) is 20.6. The number of rotatable bonds is 7. The number of hydrogen-bond acceptors (Lipinski definition) is 9. The molecule has 198 valence electrons. The number of alkyl halides is 3. The fourth-order valence-corrected chi connectivity index (χ4v) is 4.34. The number of benzene rings is 1. The summed E-state index contributed by atoms with van der Waals surface area (Å²) in [6.45, 7) is -1.38. The third-order valence-corrected chi connectivity index (χ3v) is 6.15. The van der Waals surface area contributed by atoms with E-state index in [1.807, 2.05) is 0 Å². The maximum Gasteiger partial charge on any atom is 0.418 e. The molecule has 1 aliphatic rings. The molecule has 3 heterocycles. The number of pyridine rings is 1. The number of nitrogens with zero attached hydrogens (tertiary/aromatic N) is 3. The Bertz CT molecular complexity index is 1370. The quantitative estimate of drug-likeness (QED) is 0.319. The van der Waals surface area contributed by atoms with Crippen LogP contribution < -0.4 is 11.2 Å². The average Bonchev–Trinajstić information content (AvgIpc) is 3.13. The summed E-state index contributed by atoms with van der Waals surface area (Å²) in [7, 11) is -2.78. The van der Waals surface area contributed by atoms with Crippen molar-refractivity contribution in [2.24, 2.45) is 0 Å². The molecule has 4 unspecified atom stereocenters. The number of ether oxygens (including phenoxy) is 1. The van der Waals surface area contributed by atoms with Crippen LogP contribution in [0.25, 0.3) is 11.1 Å². The van der Waals surface area contributed by atoms with Gasteiger partial charge in [0.05, 0.1) is 24.4 Å². The Kier molecular flexibility index (Phi) is 7.90. The number of hydrogen-bond donors (Lipinski definition) is 4. The van der Waals surface area contributed by atoms with Crippen molar-refractivity contribution in [3.8, 4) is 11.1 Å². The summed E-state index contributed by atoms with van der Waals surface area (Å²) < 4.78 is 53.7. The zero-order chi connectivity index (χ0) is 26.9. The van der Waals surface area contributed by atoms with Crippen molar-refractivity contribution in [3.05, 3.63) is 87.0 Å². The molecule has 0 bridgehead atoms. The van der Waals surface area contributed by atoms with E-state index in [4.69, 9.17) is 14.5 Å². The highest BCUT2D eigenvalue weighted by molar-refractivity contribution is 7.39. The fraction of sp³-hybridized carbons (Fsp3) is 0.318. The predicted octanol–water partition coefficient (Wildman–Crippen LogP) is 0.986. The van der Waals surface area contributed by atoms with Crippen LogP contribution in [0.2, 0.25) is 0 Å². The van der Waals surface area contributed by atoms with Crippen molar-refractivity contribution in [2.75, 3.05) is 6.61 Å². The lowest BCUT2D eigenvalue weighted by atomic mass is 9.98. The van der Waals surface area contributed by atoms with Crippen molar-refractivity contribution < 1.29 is 42.4 Å². The molecule has 0 amide bonds. The third kappa shape index (κ3) is 5.65. The van der Waals surface area contributed by atoms with Crippen LogP contribution in [0, 0.1) is 0 Å². The van der Waals surface area contributed by atoms with E-state index in [1.165, 1.54) is 18.2 Å². The van der Waals surface area contributed by atoms with Gasteiger partial charge in [0.1, 0.15) is 18.3 Å². The molecule has 3 aromatic rings. The molecule has 11 nitrogen and oxygen atoms in total. The van der Waals surface area contributed by atoms with Crippen LogP contribution in [-0.2, 0) is 22.0 Å². The van der Waals surface area contributed by atoms with Gasteiger partial charge in [-0.25, -0.2) is 4.79 Å². The molecule has 0 radical (unpaired) electrons. The summed E-state index contributed by atoms with van der Waals surface area (Å²) >= 11 is 0. The van der Waals surface area contributed by atoms with Gasteiger partial charge in [0.25, 0.3) is 5.56 Å². The van der Waals surface area contributed by atoms with Crippen molar-refractivity contribution in [2.45, 2.75) is 37.3 Å². The van der Waals surface area contributed by atoms with Crippen LogP contribution in [0.1, 0.15) is 17.5 Å². The monoisotopic (exact) mass is 543 g/mol. The van der Waals surface area contributed by atoms with Crippen LogP contribution >= 0.6 is 8.60 Å². The van der Waals surface area contributed by atoms with Crippen LogP contribution in [0.3, 0.4) is 0 Å². The minimum absolute atomic E-state index is 0.185. The minimum atomic E-state index is -4.87. The first-order valence-corrected chi connectivity index (χ1v) is 11.9. The summed E-state index contributed by atoms with van der Waals surface area (Å²) in [5.74, 6) is 0. The largest absolute Gasteiger partial charge is 0.418 e. The average molecular weight is 543 g/mol. The normalized spacial score (nSPS) is 22.1. The van der Waals surface area contributed by atoms with Gasteiger partial charge in [-0.1, -0.05) is 30.3 Å². The summed E-state index contributed by atoms with van der Waals surface area (Å²) in [6, 6.07) is 9.82. The second kappa shape index (κ2) is 10.8. The zero-order valence-electron chi connectivity index (χ0n) is 18.8. The van der Waals surface area contributed by atoms with E-state index in [-0.39, 0.29) is 11.1 Å². The first kappa shape index (κ1) is 27.1. The SMILES string of the molecule is O=c1ccn(C2OC(COP(O)O)C(O)C2O)c(=O)n1Cc1nccc(-c2ccccc2)c1C(F)(F)F. The van der Waals surface area contributed by atoms with Crippen molar-refractivity contribution in [1.29, 1.82) is 0 Å². The molecule has 1 saturated heterocycles. The lowest BCUT2D eigenvalue weighted by molar-refractivity contribution is -0.138. The molecule has 2 aromatic heterocycles. The Morgan fingerprint density at radius 1 is 1.05 bits per heavy atom. The van der Waals surface area contributed by atoms with E-state index in [2.05, 4.69) is 9.51 Å². The van der Waals surface area contributed by atoms with Crippen molar-refractivity contribution in [1.82, 2.24) is 14.1 Å². The molecule has 1 fully saturated rings. The van der Waals surface area contributed by atoms with E-state index < -0.39 is 75.0 Å². The van der Waals surface area contributed by atoms with E-state index in [0.29, 0.717) is 4.57 Å². The Labute approximate surface area is 207 Å². The molecular formula is C22H21F3N3O8P. The molecule has 4 atom stereocenters. The van der Waals surface area contributed by atoms with Crippen LogP contribution in [0.4, 0.5) is 13.2 Å². The maximum atomic E-state index is 14.2. The third-order valence-electron chi connectivity index (χ3n) is 5.77.